The van der Waals surface area contributed by atoms with Crippen molar-refractivity contribution in [2.24, 2.45) is 0 Å². The molecular formula is C42H42Sn2. The minimum absolute atomic E-state index is 0.574. The van der Waals surface area contributed by atoms with Gasteiger partial charge < -0.3 is 0 Å². The summed E-state index contributed by atoms with van der Waals surface area (Å²) in [6.45, 7) is 5.17. The van der Waals surface area contributed by atoms with Gasteiger partial charge in [-0.05, 0) is 0 Å². The van der Waals surface area contributed by atoms with Crippen molar-refractivity contribution in [3.8, 4) is 0 Å². The first-order valence-corrected chi connectivity index (χ1v) is 27.9. The van der Waals surface area contributed by atoms with Gasteiger partial charge in [0.05, 0.1) is 0 Å². The maximum absolute atomic E-state index is 3.45. The summed E-state index contributed by atoms with van der Waals surface area (Å²) in [6, 6.07) is 69.2. The van der Waals surface area contributed by atoms with Crippen molar-refractivity contribution >= 4 is 58.2 Å². The van der Waals surface area contributed by atoms with Gasteiger partial charge in [0, 0.05) is 0 Å². The van der Waals surface area contributed by atoms with Crippen LogP contribution in [0.25, 0.3) is 0 Å². The zero-order chi connectivity index (χ0) is 30.2. The number of benzene rings is 6. The van der Waals surface area contributed by atoms with Crippen molar-refractivity contribution in [2.75, 3.05) is 0 Å². The van der Waals surface area contributed by atoms with Gasteiger partial charge in [-0.15, -0.1) is 0 Å². The van der Waals surface area contributed by atoms with Crippen molar-refractivity contribution in [2.45, 2.75) is 34.6 Å². The first kappa shape index (κ1) is 30.9. The van der Waals surface area contributed by atoms with E-state index < -0.39 is 36.8 Å². The van der Waals surface area contributed by atoms with Gasteiger partial charge >= 0.3 is 275 Å². The normalized spacial score (nSPS) is 13.2. The molecule has 0 N–H and O–H groups in total. The van der Waals surface area contributed by atoms with Gasteiger partial charge in [-0.25, -0.2) is 0 Å². The van der Waals surface area contributed by atoms with Crippen LogP contribution in [0.15, 0.2) is 182 Å². The standard InChI is InChI=1S/6C6H5.C6H12.2Sn/c6*1-2-4-6-5-3-1;1-3-5-6-4-2;;/h6*1-5H;3-4H,5-6H2,1-2H3;;. The second-order valence-corrected chi connectivity index (χ2v) is 36.9. The van der Waals surface area contributed by atoms with E-state index in [1.165, 1.54) is 12.8 Å². The molecule has 0 fully saturated rings. The zero-order valence-corrected chi connectivity index (χ0v) is 31.6. The van der Waals surface area contributed by atoms with Crippen LogP contribution in [0.5, 0.6) is 0 Å². The first-order chi connectivity index (χ1) is 21.7. The molecule has 0 aliphatic rings. The molecule has 0 saturated carbocycles. The Bertz CT molecular complexity index is 1380. The third-order valence-electron chi connectivity index (χ3n) is 9.89. The summed E-state index contributed by atoms with van der Waals surface area (Å²) in [5, 5.41) is 0. The Kier molecular flexibility index (Phi) is 10.1. The van der Waals surface area contributed by atoms with Gasteiger partial charge in [0.25, 0.3) is 0 Å². The molecule has 218 valence electrons. The molecule has 6 rings (SSSR count). The van der Waals surface area contributed by atoms with Crippen LogP contribution in [0.3, 0.4) is 0 Å². The quantitative estimate of drug-likeness (QED) is 0.126. The van der Waals surface area contributed by atoms with Crippen molar-refractivity contribution in [3.63, 3.8) is 0 Å². The van der Waals surface area contributed by atoms with Crippen LogP contribution in [0.1, 0.15) is 26.7 Å². The molecular weight excluding hydrogens is 742 g/mol. The fourth-order valence-corrected chi connectivity index (χ4v) is 39.0. The number of hydrogen-bond acceptors (Lipinski definition) is 0. The predicted octanol–water partition coefficient (Wildman–Crippen LogP) is 6.89. The van der Waals surface area contributed by atoms with Crippen LogP contribution < -0.4 is 21.5 Å². The van der Waals surface area contributed by atoms with E-state index in [2.05, 4.69) is 196 Å². The molecule has 6 aromatic rings. The average Bonchev–Trinajstić information content (AvgIpc) is 3.11. The SMILES string of the molecule is C[CH](CC[CH](C)[Sn]([c]1ccccc1)([c]1ccccc1)[c]1ccccc1)[Sn]([c]1ccccc1)([c]1ccccc1)[c]1ccccc1. The van der Waals surface area contributed by atoms with Crippen LogP contribution in [0, 0.1) is 0 Å². The molecule has 2 heteroatoms. The second-order valence-electron chi connectivity index (χ2n) is 12.2. The van der Waals surface area contributed by atoms with Gasteiger partial charge in [0.15, 0.2) is 0 Å². The Labute approximate surface area is 272 Å². The maximum atomic E-state index is 2.58. The molecule has 2 unspecified atom stereocenters. The fraction of sp³-hybridized carbons (Fsp3) is 0.143. The molecule has 6 aromatic carbocycles. The first-order valence-electron chi connectivity index (χ1n) is 16.0. The molecule has 0 radical (unpaired) electrons. The Morgan fingerprint density at radius 1 is 0.295 bits per heavy atom. The molecule has 0 spiro atoms. The van der Waals surface area contributed by atoms with E-state index in [0.717, 1.165) is 0 Å². The number of hydrogen-bond donors (Lipinski definition) is 0. The van der Waals surface area contributed by atoms with E-state index in [1.807, 2.05) is 0 Å². The average molecular weight is 784 g/mol. The third kappa shape index (κ3) is 5.84. The van der Waals surface area contributed by atoms with Crippen molar-refractivity contribution in [1.82, 2.24) is 0 Å². The Balaban J connectivity index is 1.48. The Morgan fingerprint density at radius 2 is 0.455 bits per heavy atom. The van der Waals surface area contributed by atoms with Crippen LogP contribution in [-0.2, 0) is 0 Å². The molecule has 0 bridgehead atoms. The molecule has 0 aliphatic carbocycles. The minimum atomic E-state index is -3.45. The van der Waals surface area contributed by atoms with Crippen molar-refractivity contribution in [3.05, 3.63) is 182 Å². The van der Waals surface area contributed by atoms with E-state index in [-0.39, 0.29) is 0 Å². The van der Waals surface area contributed by atoms with Gasteiger partial charge in [0.2, 0.25) is 0 Å². The monoisotopic (exact) mass is 786 g/mol. The van der Waals surface area contributed by atoms with E-state index in [4.69, 9.17) is 0 Å². The second kappa shape index (κ2) is 14.3. The predicted molar refractivity (Wildman–Crippen MR) is 196 cm³/mol. The molecule has 0 heterocycles. The molecule has 0 nitrogen and oxygen atoms in total. The van der Waals surface area contributed by atoms with Crippen molar-refractivity contribution in [1.29, 1.82) is 0 Å². The summed E-state index contributed by atoms with van der Waals surface area (Å²) in [6.07, 6.45) is 2.42. The molecule has 0 aliphatic heterocycles. The third-order valence-corrected chi connectivity index (χ3v) is 41.3. The summed E-state index contributed by atoms with van der Waals surface area (Å²) in [7, 11) is 0. The van der Waals surface area contributed by atoms with E-state index >= 15 is 0 Å². The molecule has 44 heavy (non-hydrogen) atoms. The number of rotatable bonds is 11. The van der Waals surface area contributed by atoms with Gasteiger partial charge in [-0.1, -0.05) is 0 Å². The van der Waals surface area contributed by atoms with Crippen LogP contribution in [-0.4, -0.2) is 36.8 Å². The van der Waals surface area contributed by atoms with Crippen LogP contribution >= 0.6 is 0 Å². The summed E-state index contributed by atoms with van der Waals surface area (Å²) in [5.41, 5.74) is 0. The van der Waals surface area contributed by atoms with E-state index in [0.29, 0.717) is 7.87 Å². The van der Waals surface area contributed by atoms with Gasteiger partial charge in [0.1, 0.15) is 0 Å². The molecule has 0 amide bonds. The van der Waals surface area contributed by atoms with Crippen molar-refractivity contribution < 1.29 is 0 Å². The summed E-state index contributed by atoms with van der Waals surface area (Å²) in [5.74, 6) is 0. The van der Waals surface area contributed by atoms with Gasteiger partial charge in [-0.2, -0.15) is 0 Å². The van der Waals surface area contributed by atoms with E-state index in [1.54, 1.807) is 21.5 Å². The zero-order valence-electron chi connectivity index (χ0n) is 25.9. The summed E-state index contributed by atoms with van der Waals surface area (Å²) in [4.78, 5) is 0. The Morgan fingerprint density at radius 3 is 0.614 bits per heavy atom. The fourth-order valence-electron chi connectivity index (χ4n) is 7.85. The molecule has 0 aromatic heterocycles. The molecule has 2 atom stereocenters. The van der Waals surface area contributed by atoms with Crippen LogP contribution in [0.2, 0.25) is 7.87 Å². The molecule has 0 saturated heterocycles. The summed E-state index contributed by atoms with van der Waals surface area (Å²) >= 11 is -6.90. The van der Waals surface area contributed by atoms with Gasteiger partial charge in [-0.3, -0.25) is 0 Å². The van der Waals surface area contributed by atoms with Crippen LogP contribution in [0.4, 0.5) is 0 Å². The Hall–Kier alpha value is -3.08. The topological polar surface area (TPSA) is 0 Å². The van der Waals surface area contributed by atoms with E-state index in [9.17, 15) is 0 Å². The summed E-state index contributed by atoms with van der Waals surface area (Å²) < 4.78 is 10.6.